The summed E-state index contributed by atoms with van der Waals surface area (Å²) in [5.74, 6) is 2.37. The van der Waals surface area contributed by atoms with Crippen molar-refractivity contribution >= 4 is 17.7 Å². The highest BCUT2D eigenvalue weighted by atomic mass is 32.2. The fourth-order valence-corrected chi connectivity index (χ4v) is 3.85. The van der Waals surface area contributed by atoms with Crippen molar-refractivity contribution in [3.05, 3.63) is 83.8 Å². The van der Waals surface area contributed by atoms with Gasteiger partial charge in [0.1, 0.15) is 11.5 Å². The van der Waals surface area contributed by atoms with Crippen molar-refractivity contribution in [2.75, 3.05) is 27.7 Å². The Hall–Kier alpha value is -2.70. The summed E-state index contributed by atoms with van der Waals surface area (Å²) >= 11 is 1.68. The van der Waals surface area contributed by atoms with Gasteiger partial charge in [0.2, 0.25) is 0 Å². The van der Waals surface area contributed by atoms with Crippen LogP contribution in [0.25, 0.3) is 0 Å². The van der Waals surface area contributed by atoms with E-state index in [9.17, 15) is 4.79 Å². The number of carbonyl (C=O) groups is 1. The topological polar surface area (TPSA) is 54.7 Å². The van der Waals surface area contributed by atoms with Gasteiger partial charge in [-0.2, -0.15) is 0 Å². The van der Waals surface area contributed by atoms with Gasteiger partial charge in [0.25, 0.3) is 5.91 Å². The third-order valence-corrected chi connectivity index (χ3v) is 5.62. The standard InChI is InChI=1S/C23H26N2O3S/c1-25(2)20(19-11-7-8-12-21(19)27-3)15-24-23(26)22-14-13-17(28-22)16-29-18-9-5-4-6-10-18/h4-14,20H,15-16H2,1-3H3,(H,24,26)/t20-/m0/s1. The van der Waals surface area contributed by atoms with Crippen molar-refractivity contribution in [3.63, 3.8) is 0 Å². The van der Waals surface area contributed by atoms with E-state index in [0.29, 0.717) is 18.1 Å². The molecule has 3 aromatic rings. The van der Waals surface area contributed by atoms with Gasteiger partial charge in [-0.15, -0.1) is 11.8 Å². The maximum Gasteiger partial charge on any atom is 0.287 e. The second-order valence-corrected chi connectivity index (χ2v) is 7.85. The fraction of sp³-hybridized carbons (Fsp3) is 0.261. The van der Waals surface area contributed by atoms with Crippen molar-refractivity contribution < 1.29 is 13.9 Å². The minimum absolute atomic E-state index is 0.0156. The molecule has 0 bridgehead atoms. The van der Waals surface area contributed by atoms with Crippen LogP contribution in [-0.2, 0) is 5.75 Å². The molecule has 0 radical (unpaired) electrons. The number of para-hydroxylation sites is 1. The Morgan fingerprint density at radius 1 is 1.07 bits per heavy atom. The number of furan rings is 1. The number of hydrogen-bond acceptors (Lipinski definition) is 5. The Morgan fingerprint density at radius 3 is 2.52 bits per heavy atom. The molecule has 1 amide bonds. The summed E-state index contributed by atoms with van der Waals surface area (Å²) in [4.78, 5) is 15.8. The molecule has 0 saturated carbocycles. The van der Waals surface area contributed by atoms with E-state index < -0.39 is 0 Å². The SMILES string of the molecule is COc1ccccc1[C@H](CNC(=O)c1ccc(CSc2ccccc2)o1)N(C)C. The summed E-state index contributed by atoms with van der Waals surface area (Å²) in [5, 5.41) is 2.98. The number of thioether (sulfide) groups is 1. The number of benzene rings is 2. The monoisotopic (exact) mass is 410 g/mol. The molecule has 1 N–H and O–H groups in total. The Labute approximate surface area is 176 Å². The summed E-state index contributed by atoms with van der Waals surface area (Å²) in [7, 11) is 5.62. The molecule has 0 aliphatic carbocycles. The van der Waals surface area contributed by atoms with E-state index in [2.05, 4.69) is 22.3 Å². The van der Waals surface area contributed by atoms with E-state index in [4.69, 9.17) is 9.15 Å². The molecule has 0 saturated heterocycles. The number of rotatable bonds is 9. The number of methoxy groups -OCH3 is 1. The van der Waals surface area contributed by atoms with Crippen LogP contribution < -0.4 is 10.1 Å². The molecule has 6 heteroatoms. The largest absolute Gasteiger partial charge is 0.496 e. The number of nitrogens with zero attached hydrogens (tertiary/aromatic N) is 1. The van der Waals surface area contributed by atoms with E-state index in [1.165, 1.54) is 4.90 Å². The van der Waals surface area contributed by atoms with Crippen molar-refractivity contribution in [1.82, 2.24) is 10.2 Å². The molecule has 0 spiro atoms. The minimum atomic E-state index is -0.220. The van der Waals surface area contributed by atoms with E-state index in [1.807, 2.05) is 62.6 Å². The molecule has 0 aliphatic rings. The van der Waals surface area contributed by atoms with Gasteiger partial charge < -0.3 is 19.4 Å². The predicted molar refractivity (Wildman–Crippen MR) is 116 cm³/mol. The lowest BCUT2D eigenvalue weighted by Crippen LogP contribution is -2.34. The zero-order valence-corrected chi connectivity index (χ0v) is 17.7. The molecule has 152 valence electrons. The fourth-order valence-electron chi connectivity index (χ4n) is 3.04. The van der Waals surface area contributed by atoms with Crippen LogP contribution in [0.15, 0.2) is 76.0 Å². The molecule has 1 atom stereocenters. The number of amides is 1. The van der Waals surface area contributed by atoms with Crippen LogP contribution in [0.2, 0.25) is 0 Å². The van der Waals surface area contributed by atoms with Gasteiger partial charge in [-0.3, -0.25) is 4.79 Å². The molecule has 1 aromatic heterocycles. The van der Waals surface area contributed by atoms with Gasteiger partial charge in [-0.05, 0) is 44.4 Å². The summed E-state index contributed by atoms with van der Waals surface area (Å²) in [6, 6.07) is 21.5. The maximum atomic E-state index is 12.6. The van der Waals surface area contributed by atoms with Crippen molar-refractivity contribution in [2.45, 2.75) is 16.7 Å². The summed E-state index contributed by atoms with van der Waals surface area (Å²) < 4.78 is 11.2. The van der Waals surface area contributed by atoms with E-state index in [1.54, 1.807) is 24.9 Å². The van der Waals surface area contributed by atoms with Crippen molar-refractivity contribution in [2.24, 2.45) is 0 Å². The van der Waals surface area contributed by atoms with Crippen molar-refractivity contribution in [1.29, 1.82) is 0 Å². The van der Waals surface area contributed by atoms with Gasteiger partial charge >= 0.3 is 0 Å². The summed E-state index contributed by atoms with van der Waals surface area (Å²) in [6.45, 7) is 0.445. The number of carbonyl (C=O) groups excluding carboxylic acids is 1. The predicted octanol–water partition coefficient (Wildman–Crippen LogP) is 4.61. The average molecular weight is 411 g/mol. The molecule has 1 heterocycles. The Kier molecular flexibility index (Phi) is 7.38. The van der Waals surface area contributed by atoms with E-state index in [-0.39, 0.29) is 11.9 Å². The smallest absolute Gasteiger partial charge is 0.287 e. The third-order valence-electron chi connectivity index (χ3n) is 4.59. The number of nitrogens with one attached hydrogen (secondary N) is 1. The van der Waals surface area contributed by atoms with Gasteiger partial charge in [0, 0.05) is 17.0 Å². The molecular weight excluding hydrogens is 384 g/mol. The molecular formula is C23H26N2O3S. The first-order valence-corrected chi connectivity index (χ1v) is 10.4. The quantitative estimate of drug-likeness (QED) is 0.522. The molecule has 0 fully saturated rings. The highest BCUT2D eigenvalue weighted by Gasteiger charge is 2.20. The third kappa shape index (κ3) is 5.65. The zero-order chi connectivity index (χ0) is 20.6. The van der Waals surface area contributed by atoms with Gasteiger partial charge in [-0.25, -0.2) is 0 Å². The normalized spacial score (nSPS) is 12.0. The Bertz CT molecular complexity index is 925. The first-order valence-electron chi connectivity index (χ1n) is 9.42. The second-order valence-electron chi connectivity index (χ2n) is 6.80. The average Bonchev–Trinajstić information content (AvgIpc) is 3.22. The zero-order valence-electron chi connectivity index (χ0n) is 16.9. The molecule has 2 aromatic carbocycles. The lowest BCUT2D eigenvalue weighted by molar-refractivity contribution is 0.0912. The highest BCUT2D eigenvalue weighted by Crippen LogP contribution is 2.27. The van der Waals surface area contributed by atoms with Crippen LogP contribution in [-0.4, -0.2) is 38.6 Å². The van der Waals surface area contributed by atoms with Crippen molar-refractivity contribution in [3.8, 4) is 5.75 Å². The molecule has 3 rings (SSSR count). The van der Waals surface area contributed by atoms with Gasteiger partial charge in [0.15, 0.2) is 5.76 Å². The highest BCUT2D eigenvalue weighted by molar-refractivity contribution is 7.98. The maximum absolute atomic E-state index is 12.6. The van der Waals surface area contributed by atoms with Gasteiger partial charge in [-0.1, -0.05) is 36.4 Å². The molecule has 0 aliphatic heterocycles. The van der Waals surface area contributed by atoms with Crippen LogP contribution in [0.5, 0.6) is 5.75 Å². The van der Waals surface area contributed by atoms with Gasteiger partial charge in [0.05, 0.1) is 18.9 Å². The van der Waals surface area contributed by atoms with Crippen LogP contribution in [0.4, 0.5) is 0 Å². The number of ether oxygens (including phenoxy) is 1. The first-order chi connectivity index (χ1) is 14.1. The van der Waals surface area contributed by atoms with Crippen LogP contribution in [0.3, 0.4) is 0 Å². The van der Waals surface area contributed by atoms with E-state index in [0.717, 1.165) is 17.1 Å². The summed E-state index contributed by atoms with van der Waals surface area (Å²) in [5.41, 5.74) is 1.03. The lowest BCUT2D eigenvalue weighted by Gasteiger charge is -2.26. The van der Waals surface area contributed by atoms with E-state index >= 15 is 0 Å². The summed E-state index contributed by atoms with van der Waals surface area (Å²) in [6.07, 6.45) is 0. The van der Waals surface area contributed by atoms with Crippen LogP contribution in [0.1, 0.15) is 27.9 Å². The molecule has 29 heavy (non-hydrogen) atoms. The molecule has 0 unspecified atom stereocenters. The first kappa shape index (κ1) is 21.0. The minimum Gasteiger partial charge on any atom is -0.496 e. The Morgan fingerprint density at radius 2 is 1.79 bits per heavy atom. The second kappa shape index (κ2) is 10.2. The van der Waals surface area contributed by atoms with Crippen LogP contribution >= 0.6 is 11.8 Å². The molecule has 5 nitrogen and oxygen atoms in total. The number of hydrogen-bond donors (Lipinski definition) is 1. The lowest BCUT2D eigenvalue weighted by atomic mass is 10.0. The number of likely N-dealkylation sites (N-methyl/N-ethyl adjacent to an activating group) is 1. The van der Waals surface area contributed by atoms with Crippen LogP contribution in [0, 0.1) is 0 Å². The Balaban J connectivity index is 1.60.